The molecule has 0 bridgehead atoms. The van der Waals surface area contributed by atoms with Crippen molar-refractivity contribution in [3.8, 4) is 0 Å². The van der Waals surface area contributed by atoms with Gasteiger partial charge >= 0.3 is 39.5 Å². The Morgan fingerprint density at radius 3 is 0.713 bits per heavy atom. The molecule has 17 nitrogen and oxygen atoms in total. The lowest BCUT2D eigenvalue weighted by Crippen LogP contribution is -2.30. The monoisotopic (exact) mass is 1570 g/mol. The summed E-state index contributed by atoms with van der Waals surface area (Å²) >= 11 is 0. The first-order chi connectivity index (χ1) is 52.7. The molecule has 0 rings (SSSR count). The number of phosphoric acid groups is 2. The molecule has 0 spiro atoms. The van der Waals surface area contributed by atoms with Crippen LogP contribution in [0.25, 0.3) is 0 Å². The van der Waals surface area contributed by atoms with E-state index >= 15 is 0 Å². The average Bonchev–Trinajstić information content (AvgIpc) is 0.923. The average molecular weight is 1570 g/mol. The summed E-state index contributed by atoms with van der Waals surface area (Å²) in [5.41, 5.74) is 0. The summed E-state index contributed by atoms with van der Waals surface area (Å²) in [7, 11) is -9.96. The molecule has 0 aromatic rings. The van der Waals surface area contributed by atoms with E-state index in [9.17, 15) is 43.2 Å². The molecule has 19 heteroatoms. The van der Waals surface area contributed by atoms with E-state index in [-0.39, 0.29) is 25.7 Å². The normalized spacial score (nSPS) is 14.1. The van der Waals surface area contributed by atoms with Crippen molar-refractivity contribution in [1.82, 2.24) is 0 Å². The second-order valence-electron chi connectivity index (χ2n) is 29.8. The fourth-order valence-electron chi connectivity index (χ4n) is 12.4. The third-order valence-electron chi connectivity index (χ3n) is 19.2. The van der Waals surface area contributed by atoms with Gasteiger partial charge in [-0.15, -0.1) is 0 Å². The van der Waals surface area contributed by atoms with Crippen molar-refractivity contribution in [1.29, 1.82) is 0 Å². The Morgan fingerprint density at radius 1 is 0.259 bits per heavy atom. The van der Waals surface area contributed by atoms with Gasteiger partial charge in [0.2, 0.25) is 0 Å². The van der Waals surface area contributed by atoms with Gasteiger partial charge in [0, 0.05) is 25.7 Å². The number of carbonyl (C=O) groups is 4. The smallest absolute Gasteiger partial charge is 0.462 e. The SMILES string of the molecule is CCCCC/C=C\C/C=C\C/C=C\CCCCCCCCC(=O)OCC(COP(=O)(O)OCC(O)COP(=O)(O)OCC(COC(=O)CCCCCCCC/C=C\C/C=C\C/C=C\CCCCC)OC(=O)CCCCCCCCCCCCCCCCC)OC(=O)CCCCCCCCCCCCCCCCC. The third-order valence-corrected chi connectivity index (χ3v) is 21.1. The van der Waals surface area contributed by atoms with Crippen LogP contribution in [0.3, 0.4) is 0 Å². The molecule has 0 amide bonds. The maximum absolute atomic E-state index is 13.1. The lowest BCUT2D eigenvalue weighted by Gasteiger charge is -2.21. The number of aliphatic hydroxyl groups excluding tert-OH is 1. The number of allylic oxidation sites excluding steroid dienone is 12. The molecule has 3 N–H and O–H groups in total. The molecule has 0 aliphatic carbocycles. The molecule has 0 aromatic heterocycles. The van der Waals surface area contributed by atoms with Crippen LogP contribution in [-0.2, 0) is 65.4 Å². The number of unbranched alkanes of at least 4 members (excludes halogenated alkanes) is 46. The second-order valence-corrected chi connectivity index (χ2v) is 32.8. The molecule has 0 heterocycles. The summed E-state index contributed by atoms with van der Waals surface area (Å²) in [6.45, 7) is 4.91. The van der Waals surface area contributed by atoms with Gasteiger partial charge in [-0.1, -0.05) is 357 Å². The molecule has 0 saturated heterocycles. The van der Waals surface area contributed by atoms with Crippen LogP contribution in [0.2, 0.25) is 0 Å². The Kier molecular flexibility index (Phi) is 78.9. The molecule has 0 aromatic carbocycles. The number of rotatable bonds is 84. The minimum atomic E-state index is -4.98. The molecule has 4 unspecified atom stereocenters. The van der Waals surface area contributed by atoms with Crippen LogP contribution in [0, 0.1) is 0 Å². The van der Waals surface area contributed by atoms with Gasteiger partial charge in [-0.3, -0.25) is 37.3 Å². The van der Waals surface area contributed by atoms with Gasteiger partial charge in [0.25, 0.3) is 0 Å². The molecular formula is C89H162O17P2. The van der Waals surface area contributed by atoms with Gasteiger partial charge in [0.15, 0.2) is 12.2 Å². The largest absolute Gasteiger partial charge is 0.472 e. The lowest BCUT2D eigenvalue weighted by molar-refractivity contribution is -0.161. The Bertz CT molecular complexity index is 2160. The van der Waals surface area contributed by atoms with Gasteiger partial charge in [-0.05, 0) is 103 Å². The molecule has 0 saturated carbocycles. The summed E-state index contributed by atoms with van der Waals surface area (Å²) in [5, 5.41) is 10.7. The molecule has 0 aliphatic rings. The van der Waals surface area contributed by atoms with Crippen LogP contribution >= 0.6 is 15.6 Å². The minimum Gasteiger partial charge on any atom is -0.462 e. The lowest BCUT2D eigenvalue weighted by atomic mass is 10.0. The van der Waals surface area contributed by atoms with Crippen molar-refractivity contribution in [3.05, 3.63) is 72.9 Å². The number of aliphatic hydroxyl groups is 1. The van der Waals surface area contributed by atoms with E-state index in [0.29, 0.717) is 25.7 Å². The van der Waals surface area contributed by atoms with E-state index in [1.807, 2.05) is 0 Å². The van der Waals surface area contributed by atoms with Crippen LogP contribution in [0.5, 0.6) is 0 Å². The quantitative estimate of drug-likeness (QED) is 0.0169. The summed E-state index contributed by atoms with van der Waals surface area (Å²) in [4.78, 5) is 73.3. The first-order valence-electron chi connectivity index (χ1n) is 44.2. The minimum absolute atomic E-state index is 0.0982. The van der Waals surface area contributed by atoms with E-state index in [0.717, 1.165) is 167 Å². The van der Waals surface area contributed by atoms with E-state index in [1.54, 1.807) is 0 Å². The molecular weight excluding hydrogens is 1400 g/mol. The zero-order valence-electron chi connectivity index (χ0n) is 69.3. The van der Waals surface area contributed by atoms with Crippen LogP contribution in [0.1, 0.15) is 413 Å². The first-order valence-corrected chi connectivity index (χ1v) is 47.2. The molecule has 0 fully saturated rings. The fraction of sp³-hybridized carbons (Fsp3) is 0.820. The molecule has 4 atom stereocenters. The highest BCUT2D eigenvalue weighted by Gasteiger charge is 2.30. The third kappa shape index (κ3) is 80.5. The Labute approximate surface area is 660 Å². The van der Waals surface area contributed by atoms with E-state index in [4.69, 9.17) is 37.0 Å². The van der Waals surface area contributed by atoms with Gasteiger partial charge in [0.05, 0.1) is 26.4 Å². The molecule has 630 valence electrons. The fourth-order valence-corrected chi connectivity index (χ4v) is 14.0. The number of carbonyl (C=O) groups excluding carboxylic acids is 4. The zero-order chi connectivity index (χ0) is 78.9. The number of hydrogen-bond donors (Lipinski definition) is 3. The number of hydrogen-bond acceptors (Lipinski definition) is 15. The maximum Gasteiger partial charge on any atom is 0.472 e. The predicted molar refractivity (Wildman–Crippen MR) is 446 cm³/mol. The molecule has 108 heavy (non-hydrogen) atoms. The number of esters is 4. The van der Waals surface area contributed by atoms with Crippen LogP contribution in [0.4, 0.5) is 0 Å². The first kappa shape index (κ1) is 104. The van der Waals surface area contributed by atoms with E-state index < -0.39 is 97.5 Å². The second kappa shape index (κ2) is 81.5. The van der Waals surface area contributed by atoms with Gasteiger partial charge in [-0.25, -0.2) is 9.13 Å². The summed E-state index contributed by atoms with van der Waals surface area (Å²) in [6, 6.07) is 0. The highest BCUT2D eigenvalue weighted by molar-refractivity contribution is 7.47. The van der Waals surface area contributed by atoms with Crippen molar-refractivity contribution in [2.24, 2.45) is 0 Å². The van der Waals surface area contributed by atoms with Crippen LogP contribution in [-0.4, -0.2) is 96.7 Å². The summed E-state index contributed by atoms with van der Waals surface area (Å²) < 4.78 is 68.9. The van der Waals surface area contributed by atoms with Crippen molar-refractivity contribution < 1.29 is 80.2 Å². The Balaban J connectivity index is 5.34. The molecule has 0 radical (unpaired) electrons. The van der Waals surface area contributed by atoms with Crippen molar-refractivity contribution in [2.45, 2.75) is 431 Å². The van der Waals surface area contributed by atoms with Crippen LogP contribution < -0.4 is 0 Å². The number of phosphoric ester groups is 2. The van der Waals surface area contributed by atoms with Crippen LogP contribution in [0.15, 0.2) is 72.9 Å². The van der Waals surface area contributed by atoms with E-state index in [2.05, 4.69) is 101 Å². The van der Waals surface area contributed by atoms with E-state index in [1.165, 1.54) is 167 Å². The van der Waals surface area contributed by atoms with Gasteiger partial charge < -0.3 is 33.8 Å². The summed E-state index contributed by atoms with van der Waals surface area (Å²) in [6.07, 6.45) is 85.6. The number of ether oxygens (including phenoxy) is 4. The summed E-state index contributed by atoms with van der Waals surface area (Å²) in [5.74, 6) is -2.16. The Hall–Kier alpha value is -3.50. The molecule has 0 aliphatic heterocycles. The highest BCUT2D eigenvalue weighted by atomic mass is 31.2. The van der Waals surface area contributed by atoms with Crippen molar-refractivity contribution in [3.63, 3.8) is 0 Å². The van der Waals surface area contributed by atoms with Crippen molar-refractivity contribution >= 4 is 39.5 Å². The predicted octanol–water partition coefficient (Wildman–Crippen LogP) is 26.3. The van der Waals surface area contributed by atoms with Gasteiger partial charge in [0.1, 0.15) is 19.3 Å². The topological polar surface area (TPSA) is 237 Å². The van der Waals surface area contributed by atoms with Gasteiger partial charge in [-0.2, -0.15) is 0 Å². The highest BCUT2D eigenvalue weighted by Crippen LogP contribution is 2.45. The zero-order valence-corrected chi connectivity index (χ0v) is 71.1. The Morgan fingerprint density at radius 2 is 0.454 bits per heavy atom. The standard InChI is InChI=1S/C89H162O17P2/c1-5-9-13-17-21-25-29-33-37-39-41-43-47-49-53-57-61-65-69-73-86(91)99-79-84(105-88(93)75-71-67-63-59-55-51-45-35-31-27-23-19-15-11-7-3)81-103-107(95,96)101-77-83(90)78-102-108(97,98)104-82-85(106-89(94)76-72-68-64-60-56-52-46-36-32-28-24-20-16-12-8-4)80-100-87(92)74-70-66-62-58-54-50-48-44-42-40-38-34-30-26-22-18-14-10-6-2/h21-22,25-26,33-34,37-38,41-44,83-85,90H,5-20,23-24,27-32,35-36,39-40,45-82H2,1-4H3,(H,95,96)(H,97,98)/b25-21-,26-22-,37-33-,38-34-,43-41-,44-42-. The maximum atomic E-state index is 13.1. The van der Waals surface area contributed by atoms with Crippen molar-refractivity contribution in [2.75, 3.05) is 39.6 Å².